The summed E-state index contributed by atoms with van der Waals surface area (Å²) in [6.45, 7) is 8.39. The maximum atomic E-state index is 10.3. The summed E-state index contributed by atoms with van der Waals surface area (Å²) in [4.78, 5) is 10.3. The number of allylic oxidation sites excluding steroid dienone is 9. The number of thiol groups is 1. The van der Waals surface area contributed by atoms with Gasteiger partial charge in [0.05, 0.1) is 0 Å². The Hall–Kier alpha value is -1.28. The Morgan fingerprint density at radius 1 is 1.19 bits per heavy atom. The Kier molecular flexibility index (Phi) is 6.97. The molecule has 0 N–H and O–H groups in total. The predicted molar refractivity (Wildman–Crippen MR) is 95.8 cm³/mol. The molecule has 0 heterocycles. The van der Waals surface area contributed by atoms with Gasteiger partial charge in [-0.2, -0.15) is 12.6 Å². The van der Waals surface area contributed by atoms with Gasteiger partial charge in [0.25, 0.3) is 0 Å². The van der Waals surface area contributed by atoms with Crippen LogP contribution in [0.5, 0.6) is 0 Å². The first-order chi connectivity index (χ1) is 9.86. The number of aldehydes is 1. The second kappa shape index (κ2) is 8.23. The van der Waals surface area contributed by atoms with Gasteiger partial charge in [0, 0.05) is 4.75 Å². The van der Waals surface area contributed by atoms with Gasteiger partial charge in [0.2, 0.25) is 0 Å². The molecule has 0 aliphatic heterocycles. The zero-order valence-electron chi connectivity index (χ0n) is 13.5. The van der Waals surface area contributed by atoms with Crippen LogP contribution in [0.3, 0.4) is 0 Å². The van der Waals surface area contributed by atoms with E-state index >= 15 is 0 Å². The van der Waals surface area contributed by atoms with E-state index in [0.717, 1.165) is 18.3 Å². The van der Waals surface area contributed by atoms with E-state index in [0.29, 0.717) is 0 Å². The first kappa shape index (κ1) is 17.8. The van der Waals surface area contributed by atoms with Crippen LogP contribution in [-0.2, 0) is 4.79 Å². The van der Waals surface area contributed by atoms with Crippen molar-refractivity contribution < 1.29 is 4.79 Å². The molecule has 0 saturated carbocycles. The monoisotopic (exact) mass is 302 g/mol. The average Bonchev–Trinajstić information content (AvgIpc) is 2.37. The highest BCUT2D eigenvalue weighted by Gasteiger charge is 2.27. The Morgan fingerprint density at radius 3 is 2.48 bits per heavy atom. The fourth-order valence-corrected chi connectivity index (χ4v) is 2.96. The summed E-state index contributed by atoms with van der Waals surface area (Å²) in [7, 11) is 0. The fourth-order valence-electron chi connectivity index (χ4n) is 2.53. The Balaban J connectivity index is 2.80. The first-order valence-electron chi connectivity index (χ1n) is 7.44. The third kappa shape index (κ3) is 5.92. The highest BCUT2D eigenvalue weighted by atomic mass is 32.1. The highest BCUT2D eigenvalue weighted by molar-refractivity contribution is 7.82. The normalized spacial score (nSPS) is 25.2. The molecule has 21 heavy (non-hydrogen) atoms. The molecule has 0 aromatic carbocycles. The van der Waals surface area contributed by atoms with Crippen molar-refractivity contribution in [1.82, 2.24) is 0 Å². The molecule has 1 aliphatic rings. The van der Waals surface area contributed by atoms with Gasteiger partial charge in [0.15, 0.2) is 0 Å². The van der Waals surface area contributed by atoms with Crippen LogP contribution in [0, 0.1) is 0 Å². The maximum Gasteiger partial charge on any atom is 0.143 e. The zero-order chi connectivity index (χ0) is 15.9. The molecular formula is C19H26OS. The van der Waals surface area contributed by atoms with Gasteiger partial charge >= 0.3 is 0 Å². The summed E-state index contributed by atoms with van der Waals surface area (Å²) in [6.07, 6.45) is 16.2. The van der Waals surface area contributed by atoms with Crippen LogP contribution in [-0.4, -0.2) is 11.0 Å². The molecule has 0 amide bonds. The summed E-state index contributed by atoms with van der Waals surface area (Å²) < 4.78 is -0.0156. The van der Waals surface area contributed by atoms with Crippen LogP contribution in [0.2, 0.25) is 0 Å². The highest BCUT2D eigenvalue weighted by Crippen LogP contribution is 2.38. The molecule has 1 aliphatic carbocycles. The van der Waals surface area contributed by atoms with E-state index in [9.17, 15) is 4.79 Å². The zero-order valence-corrected chi connectivity index (χ0v) is 14.4. The van der Waals surface area contributed by atoms with E-state index < -0.39 is 0 Å². The number of carbonyl (C=O) groups excluding carboxylic acids is 1. The molecule has 0 fully saturated rings. The van der Waals surface area contributed by atoms with E-state index in [-0.39, 0.29) is 4.75 Å². The maximum absolute atomic E-state index is 10.3. The summed E-state index contributed by atoms with van der Waals surface area (Å²) >= 11 is 4.81. The second-order valence-corrected chi connectivity index (χ2v) is 6.96. The molecule has 0 radical (unpaired) electrons. The topological polar surface area (TPSA) is 17.1 Å². The van der Waals surface area contributed by atoms with Crippen LogP contribution in [0.1, 0.15) is 47.0 Å². The second-order valence-electron chi connectivity index (χ2n) is 5.97. The standard InChI is InChI=1S/C19H26OS/c1-15(7-5-8-16(2)12-14-20)10-11-18-17(3)9-6-13-19(18,4)21/h5,7-8,10-12,14,21H,6,9,13H2,1-4H3/b8-5+,11-10+,15-7+,16-12+. The van der Waals surface area contributed by atoms with E-state index in [2.05, 4.69) is 32.9 Å². The smallest absolute Gasteiger partial charge is 0.143 e. The van der Waals surface area contributed by atoms with Gasteiger partial charge < -0.3 is 0 Å². The lowest BCUT2D eigenvalue weighted by Gasteiger charge is -2.31. The summed E-state index contributed by atoms with van der Waals surface area (Å²) in [5.41, 5.74) is 4.93. The van der Waals surface area contributed by atoms with Gasteiger partial charge in [-0.3, -0.25) is 4.79 Å². The fraction of sp³-hybridized carbons (Fsp3) is 0.421. The van der Waals surface area contributed by atoms with Crippen molar-refractivity contribution in [3.05, 3.63) is 58.7 Å². The van der Waals surface area contributed by atoms with Gasteiger partial charge in [0.1, 0.15) is 6.29 Å². The van der Waals surface area contributed by atoms with Crippen LogP contribution in [0.15, 0.2) is 58.7 Å². The summed E-state index contributed by atoms with van der Waals surface area (Å²) in [6, 6.07) is 0. The molecule has 0 aromatic rings. The molecule has 0 bridgehead atoms. The third-order valence-electron chi connectivity index (χ3n) is 3.82. The minimum atomic E-state index is -0.0156. The quantitative estimate of drug-likeness (QED) is 0.312. The van der Waals surface area contributed by atoms with Crippen molar-refractivity contribution in [2.24, 2.45) is 0 Å². The Bertz CT molecular complexity index is 528. The van der Waals surface area contributed by atoms with Crippen molar-refractivity contribution in [3.63, 3.8) is 0 Å². The number of carbonyl (C=O) groups is 1. The number of hydrogen-bond acceptors (Lipinski definition) is 2. The van der Waals surface area contributed by atoms with E-state index in [4.69, 9.17) is 12.6 Å². The molecule has 1 atom stereocenters. The Labute approximate surface area is 134 Å². The van der Waals surface area contributed by atoms with Crippen molar-refractivity contribution in [2.75, 3.05) is 0 Å². The molecule has 114 valence electrons. The molecule has 0 spiro atoms. The van der Waals surface area contributed by atoms with Crippen LogP contribution < -0.4 is 0 Å². The van der Waals surface area contributed by atoms with Gasteiger partial charge in [-0.25, -0.2) is 0 Å². The van der Waals surface area contributed by atoms with Gasteiger partial charge in [-0.1, -0.05) is 41.5 Å². The van der Waals surface area contributed by atoms with Crippen LogP contribution >= 0.6 is 12.6 Å². The average molecular weight is 302 g/mol. The van der Waals surface area contributed by atoms with Gasteiger partial charge in [-0.15, -0.1) is 0 Å². The summed E-state index contributed by atoms with van der Waals surface area (Å²) in [5, 5.41) is 0. The minimum Gasteiger partial charge on any atom is -0.299 e. The lowest BCUT2D eigenvalue weighted by Crippen LogP contribution is -2.23. The van der Waals surface area contributed by atoms with Crippen LogP contribution in [0.25, 0.3) is 0 Å². The largest absolute Gasteiger partial charge is 0.299 e. The SMILES string of the molecule is CC1=C(/C=C/C(C)=C/C=C/C(C)=C/C=O)C(C)(S)CCC1. The molecular weight excluding hydrogens is 276 g/mol. The Morgan fingerprint density at radius 2 is 1.86 bits per heavy atom. The van der Waals surface area contributed by atoms with Crippen LogP contribution in [0.4, 0.5) is 0 Å². The van der Waals surface area contributed by atoms with E-state index in [1.165, 1.54) is 29.6 Å². The lowest BCUT2D eigenvalue weighted by atomic mass is 9.83. The van der Waals surface area contributed by atoms with Crippen molar-refractivity contribution >= 4 is 18.9 Å². The molecule has 2 heteroatoms. The number of rotatable bonds is 5. The number of hydrogen-bond donors (Lipinski definition) is 1. The van der Waals surface area contributed by atoms with E-state index in [1.807, 2.05) is 25.2 Å². The molecule has 1 nitrogen and oxygen atoms in total. The lowest BCUT2D eigenvalue weighted by molar-refractivity contribution is -0.104. The molecule has 1 rings (SSSR count). The van der Waals surface area contributed by atoms with Gasteiger partial charge in [-0.05, 0) is 64.2 Å². The third-order valence-corrected chi connectivity index (χ3v) is 4.28. The first-order valence-corrected chi connectivity index (χ1v) is 7.89. The predicted octanol–water partition coefficient (Wildman–Crippen LogP) is 5.38. The van der Waals surface area contributed by atoms with Crippen molar-refractivity contribution in [3.8, 4) is 0 Å². The molecule has 1 unspecified atom stereocenters. The summed E-state index contributed by atoms with van der Waals surface area (Å²) in [5.74, 6) is 0. The molecule has 0 saturated heterocycles. The minimum absolute atomic E-state index is 0.0156. The molecule has 0 aromatic heterocycles. The van der Waals surface area contributed by atoms with Crippen molar-refractivity contribution in [1.29, 1.82) is 0 Å². The van der Waals surface area contributed by atoms with E-state index in [1.54, 1.807) is 6.08 Å². The van der Waals surface area contributed by atoms with Crippen molar-refractivity contribution in [2.45, 2.75) is 51.7 Å².